The summed E-state index contributed by atoms with van der Waals surface area (Å²) in [6.07, 6.45) is 0. The molecule has 2 aliphatic carbocycles. The highest BCUT2D eigenvalue weighted by molar-refractivity contribution is 6.26. The third-order valence-electron chi connectivity index (χ3n) is 15.6. The Kier molecular flexibility index (Phi) is 8.35. The summed E-state index contributed by atoms with van der Waals surface area (Å²) in [7, 11) is 0. The molecule has 0 radical (unpaired) electrons. The van der Waals surface area contributed by atoms with E-state index in [0.717, 1.165) is 17.1 Å². The molecular formula is C69H43N. The maximum Gasteiger partial charge on any atom is 0.0726 e. The quantitative estimate of drug-likeness (QED) is 0.156. The van der Waals surface area contributed by atoms with E-state index in [0.29, 0.717) is 0 Å². The number of hydrogen-bond donors (Lipinski definition) is 0. The minimum atomic E-state index is -0.520. The van der Waals surface area contributed by atoms with Crippen LogP contribution in [-0.4, -0.2) is 0 Å². The van der Waals surface area contributed by atoms with Crippen molar-refractivity contribution in [2.45, 2.75) is 5.41 Å². The largest absolute Gasteiger partial charge is 0.310 e. The molecule has 0 fully saturated rings. The highest BCUT2D eigenvalue weighted by atomic mass is 15.1. The summed E-state index contributed by atoms with van der Waals surface area (Å²) in [5.41, 5.74) is 18.1. The van der Waals surface area contributed by atoms with Gasteiger partial charge in [0.15, 0.2) is 0 Å². The van der Waals surface area contributed by atoms with Crippen LogP contribution in [0.25, 0.3) is 98.4 Å². The summed E-state index contributed by atoms with van der Waals surface area (Å²) in [6.45, 7) is 0. The van der Waals surface area contributed by atoms with Crippen molar-refractivity contribution in [1.82, 2.24) is 0 Å². The number of benzene rings is 13. The molecule has 1 heteroatoms. The second-order valence-electron chi connectivity index (χ2n) is 19.1. The molecule has 0 aromatic heterocycles. The van der Waals surface area contributed by atoms with Crippen molar-refractivity contribution in [3.63, 3.8) is 0 Å². The van der Waals surface area contributed by atoms with Crippen LogP contribution in [-0.2, 0) is 5.41 Å². The number of hydrogen-bond acceptors (Lipinski definition) is 1. The van der Waals surface area contributed by atoms with Crippen LogP contribution in [0.15, 0.2) is 261 Å². The van der Waals surface area contributed by atoms with E-state index in [1.807, 2.05) is 0 Å². The Morgan fingerprint density at radius 2 is 0.643 bits per heavy atom. The molecule has 0 bridgehead atoms. The number of nitrogens with zero attached hydrogens (tertiary/aromatic N) is 1. The van der Waals surface area contributed by atoms with E-state index in [9.17, 15) is 0 Å². The molecule has 70 heavy (non-hydrogen) atoms. The van der Waals surface area contributed by atoms with Crippen molar-refractivity contribution in [2.75, 3.05) is 4.90 Å². The second kappa shape index (κ2) is 15.0. The van der Waals surface area contributed by atoms with Crippen LogP contribution in [0.1, 0.15) is 22.3 Å². The Hall–Kier alpha value is -9.04. The lowest BCUT2D eigenvalue weighted by Crippen LogP contribution is -2.26. The molecule has 0 N–H and O–H groups in total. The van der Waals surface area contributed by atoms with Crippen LogP contribution in [0, 0.1) is 0 Å². The summed E-state index contributed by atoms with van der Waals surface area (Å²) in [4.78, 5) is 2.55. The fourth-order valence-electron chi connectivity index (χ4n) is 12.7. The van der Waals surface area contributed by atoms with Gasteiger partial charge in [-0.25, -0.2) is 0 Å². The van der Waals surface area contributed by atoms with Crippen molar-refractivity contribution >= 4 is 70.9 Å². The maximum absolute atomic E-state index is 2.58. The van der Waals surface area contributed by atoms with Gasteiger partial charge in [-0.05, 0) is 151 Å². The van der Waals surface area contributed by atoms with E-state index < -0.39 is 5.41 Å². The minimum Gasteiger partial charge on any atom is -0.310 e. The fourth-order valence-corrected chi connectivity index (χ4v) is 12.7. The second-order valence-corrected chi connectivity index (χ2v) is 19.1. The minimum absolute atomic E-state index is 0.520. The highest BCUT2D eigenvalue weighted by Crippen LogP contribution is 2.64. The zero-order chi connectivity index (χ0) is 45.9. The first kappa shape index (κ1) is 39.0. The van der Waals surface area contributed by atoms with E-state index in [1.165, 1.54) is 121 Å². The monoisotopic (exact) mass is 885 g/mol. The predicted octanol–water partition coefficient (Wildman–Crippen LogP) is 18.6. The van der Waals surface area contributed by atoms with Crippen LogP contribution < -0.4 is 4.90 Å². The molecule has 0 unspecified atom stereocenters. The third-order valence-corrected chi connectivity index (χ3v) is 15.6. The van der Waals surface area contributed by atoms with Crippen LogP contribution in [0.3, 0.4) is 0 Å². The first-order valence-corrected chi connectivity index (χ1v) is 24.4. The standard InChI is InChI=1S/C69H43N/c1-3-21-49-44(17-1)19-15-30-50(49)46-35-37-47(38-36-46)70(48-39-40-57-55-25-6-5-23-53(55)54-24-7-8-26-56(54)61(57)41-48)68-43-67-62(42-63(68)52-31-16-20-45-18-2-4-22-51(45)52)60-29-11-14-34-66(60)69(67)64-32-12-9-27-58(64)59-28-10-13-33-65(59)69/h1-43H. The predicted molar refractivity (Wildman–Crippen MR) is 296 cm³/mol. The highest BCUT2D eigenvalue weighted by Gasteiger charge is 2.52. The molecule has 0 saturated heterocycles. The van der Waals surface area contributed by atoms with Crippen LogP contribution in [0.4, 0.5) is 17.1 Å². The number of fused-ring (bicyclic) bond motifs is 18. The SMILES string of the molecule is c1ccc2c(c1)-c1ccccc1C21c2ccccc2-c2cc(-c3cccc4ccccc34)c(N(c3ccc(-c4cccc5ccccc45)cc3)c3ccc4c5ccccc5c5ccccc5c4c3)cc21. The molecule has 1 nitrogen and oxygen atoms in total. The van der Waals surface area contributed by atoms with Crippen molar-refractivity contribution in [3.05, 3.63) is 283 Å². The zero-order valence-electron chi connectivity index (χ0n) is 38.3. The molecule has 13 aromatic rings. The Morgan fingerprint density at radius 3 is 1.23 bits per heavy atom. The van der Waals surface area contributed by atoms with Gasteiger partial charge in [0.1, 0.15) is 0 Å². The molecule has 15 rings (SSSR count). The van der Waals surface area contributed by atoms with Gasteiger partial charge in [-0.3, -0.25) is 0 Å². The van der Waals surface area contributed by atoms with Gasteiger partial charge in [0.2, 0.25) is 0 Å². The fraction of sp³-hybridized carbons (Fsp3) is 0.0145. The summed E-state index contributed by atoms with van der Waals surface area (Å²) in [5, 5.41) is 12.5. The summed E-state index contributed by atoms with van der Waals surface area (Å²) in [6, 6.07) is 97.8. The van der Waals surface area contributed by atoms with E-state index in [-0.39, 0.29) is 0 Å². The van der Waals surface area contributed by atoms with Crippen molar-refractivity contribution < 1.29 is 0 Å². The Bertz CT molecular complexity index is 4220. The molecule has 0 saturated carbocycles. The number of rotatable bonds is 5. The average molecular weight is 886 g/mol. The maximum atomic E-state index is 2.58. The summed E-state index contributed by atoms with van der Waals surface area (Å²) >= 11 is 0. The molecule has 324 valence electrons. The molecule has 0 heterocycles. The van der Waals surface area contributed by atoms with Gasteiger partial charge in [-0.1, -0.05) is 224 Å². The van der Waals surface area contributed by atoms with Crippen molar-refractivity contribution in [3.8, 4) is 44.5 Å². The molecule has 0 atom stereocenters. The molecular weight excluding hydrogens is 843 g/mol. The molecule has 0 amide bonds. The topological polar surface area (TPSA) is 3.24 Å². The lowest BCUT2D eigenvalue weighted by molar-refractivity contribution is 0.794. The van der Waals surface area contributed by atoms with Gasteiger partial charge >= 0.3 is 0 Å². The van der Waals surface area contributed by atoms with Gasteiger partial charge in [-0.2, -0.15) is 0 Å². The van der Waals surface area contributed by atoms with Crippen molar-refractivity contribution in [1.29, 1.82) is 0 Å². The van der Waals surface area contributed by atoms with E-state index in [1.54, 1.807) is 0 Å². The lowest BCUT2D eigenvalue weighted by Gasteiger charge is -2.33. The summed E-state index contributed by atoms with van der Waals surface area (Å²) in [5.74, 6) is 0. The van der Waals surface area contributed by atoms with Gasteiger partial charge in [-0.15, -0.1) is 0 Å². The Morgan fingerprint density at radius 1 is 0.229 bits per heavy atom. The van der Waals surface area contributed by atoms with Crippen molar-refractivity contribution in [2.24, 2.45) is 0 Å². The van der Waals surface area contributed by atoms with E-state index >= 15 is 0 Å². The van der Waals surface area contributed by atoms with Gasteiger partial charge in [0.05, 0.1) is 11.1 Å². The Labute approximate surface area is 406 Å². The van der Waals surface area contributed by atoms with Gasteiger partial charge < -0.3 is 4.90 Å². The first-order chi connectivity index (χ1) is 34.7. The molecule has 2 aliphatic rings. The van der Waals surface area contributed by atoms with Crippen LogP contribution in [0.5, 0.6) is 0 Å². The van der Waals surface area contributed by atoms with Gasteiger partial charge in [0.25, 0.3) is 0 Å². The van der Waals surface area contributed by atoms with Crippen LogP contribution >= 0.6 is 0 Å². The van der Waals surface area contributed by atoms with E-state index in [4.69, 9.17) is 0 Å². The smallest absolute Gasteiger partial charge is 0.0726 e. The zero-order valence-corrected chi connectivity index (χ0v) is 38.3. The lowest BCUT2D eigenvalue weighted by atomic mass is 9.70. The van der Waals surface area contributed by atoms with Crippen LogP contribution in [0.2, 0.25) is 0 Å². The van der Waals surface area contributed by atoms with Gasteiger partial charge in [0, 0.05) is 16.9 Å². The Balaban J connectivity index is 1.07. The molecule has 0 aliphatic heterocycles. The average Bonchev–Trinajstić information content (AvgIpc) is 3.90. The summed E-state index contributed by atoms with van der Waals surface area (Å²) < 4.78 is 0. The normalized spacial score (nSPS) is 13.0. The van der Waals surface area contributed by atoms with E-state index in [2.05, 4.69) is 266 Å². The third kappa shape index (κ3) is 5.43. The molecule has 13 aromatic carbocycles. The molecule has 1 spiro atoms. The number of anilines is 3. The first-order valence-electron chi connectivity index (χ1n) is 24.4.